The molecule has 0 amide bonds. The maximum absolute atomic E-state index is 12.4. The Morgan fingerprint density at radius 3 is 2.70 bits per heavy atom. The first-order valence-corrected chi connectivity index (χ1v) is 19.3. The number of ether oxygens (including phenoxy) is 2. The van der Waals surface area contributed by atoms with E-state index in [2.05, 4.69) is 29.9 Å². The Kier molecular flexibility index (Phi) is 8.25. The number of aromatic amines is 1. The molecule has 3 fully saturated rings. The lowest BCUT2D eigenvalue weighted by molar-refractivity contribution is -0.171. The predicted octanol–water partition coefficient (Wildman–Crippen LogP) is -1.95. The van der Waals surface area contributed by atoms with E-state index in [1.165, 1.54) is 28.1 Å². The Balaban J connectivity index is 1.12. The first-order chi connectivity index (χ1) is 21.8. The van der Waals surface area contributed by atoms with Gasteiger partial charge in [-0.05, 0) is 23.6 Å². The number of H-pyrrole nitrogens is 1. The molecule has 0 saturated carbocycles. The average molecular weight is 737 g/mol. The Labute approximate surface area is 272 Å². The summed E-state index contributed by atoms with van der Waals surface area (Å²) in [6.07, 6.45) is 0.0509. The Bertz CT molecular complexity index is 1950. The van der Waals surface area contributed by atoms with Crippen LogP contribution in [0.5, 0.6) is 0 Å². The number of nitrogens with one attached hydrogen (secondary N) is 1. The summed E-state index contributed by atoms with van der Waals surface area (Å²) in [5.41, 5.74) is 8.89. The number of nitrogens with zero attached hydrogens (tertiary/aromatic N) is 7. The van der Waals surface area contributed by atoms with Crippen molar-refractivity contribution in [2.24, 2.45) is 0 Å². The van der Waals surface area contributed by atoms with Crippen molar-refractivity contribution >= 4 is 83.3 Å². The Morgan fingerprint density at radius 2 is 1.96 bits per heavy atom. The summed E-state index contributed by atoms with van der Waals surface area (Å²) in [6, 6.07) is 0. The summed E-state index contributed by atoms with van der Waals surface area (Å²) in [4.78, 5) is 56.2. The van der Waals surface area contributed by atoms with Gasteiger partial charge < -0.3 is 50.0 Å². The number of aliphatic hydroxyl groups excluding tert-OH is 2. The Morgan fingerprint density at radius 1 is 1.17 bits per heavy atom. The summed E-state index contributed by atoms with van der Waals surface area (Å²) in [7, 11) is -2.51. The van der Waals surface area contributed by atoms with Gasteiger partial charge in [-0.2, -0.15) is 4.98 Å². The zero-order chi connectivity index (χ0) is 32.6. The fraction of sp³-hybridized carbons (Fsp3) is 0.524. The van der Waals surface area contributed by atoms with E-state index < -0.39 is 66.3 Å². The van der Waals surface area contributed by atoms with Crippen LogP contribution in [-0.4, -0.2) is 115 Å². The highest BCUT2D eigenvalue weighted by Gasteiger charge is 2.67. The molecule has 0 spiro atoms. The number of thioether (sulfide) groups is 1. The van der Waals surface area contributed by atoms with Crippen molar-refractivity contribution < 1.29 is 43.0 Å². The van der Waals surface area contributed by atoms with Crippen LogP contribution in [0, 0.1) is 0 Å². The molecule has 4 aromatic rings. The first kappa shape index (κ1) is 32.3. The molecule has 0 radical (unpaired) electrons. The van der Waals surface area contributed by atoms with Gasteiger partial charge in [0.25, 0.3) is 5.56 Å². The maximum Gasteiger partial charge on any atom is 0.325 e. The maximum atomic E-state index is 12.4. The number of imidazole rings is 2. The molecule has 7 rings (SSSR count). The summed E-state index contributed by atoms with van der Waals surface area (Å²) < 4.78 is 31.8. The number of nitrogens with two attached hydrogens (primary N) is 2. The molecule has 3 aliphatic heterocycles. The molecule has 46 heavy (non-hydrogen) atoms. The van der Waals surface area contributed by atoms with E-state index in [4.69, 9.17) is 58.1 Å². The van der Waals surface area contributed by atoms with E-state index in [0.29, 0.717) is 11.2 Å². The molecule has 3 aliphatic rings. The van der Waals surface area contributed by atoms with Gasteiger partial charge in [-0.3, -0.25) is 23.4 Å². The van der Waals surface area contributed by atoms with Crippen molar-refractivity contribution in [2.45, 2.75) is 40.3 Å². The second-order valence-electron chi connectivity index (χ2n) is 10.7. The zero-order valence-corrected chi connectivity index (χ0v) is 27.5. The number of hydrogen-bond donors (Lipinski definition) is 7. The van der Waals surface area contributed by atoms with Gasteiger partial charge in [-0.25, -0.2) is 19.9 Å². The van der Waals surface area contributed by atoms with Crippen molar-refractivity contribution in [2.75, 3.05) is 37.9 Å². The molecule has 25 heteroatoms. The van der Waals surface area contributed by atoms with E-state index in [-0.39, 0.29) is 42.8 Å². The number of hydrogen-bond acceptors (Lipinski definition) is 18. The van der Waals surface area contributed by atoms with Crippen LogP contribution in [0.25, 0.3) is 22.3 Å². The lowest BCUT2D eigenvalue weighted by Crippen LogP contribution is -2.47. The van der Waals surface area contributed by atoms with Gasteiger partial charge in [0, 0.05) is 0 Å². The highest BCUT2D eigenvalue weighted by molar-refractivity contribution is 8.07. The van der Waals surface area contributed by atoms with Crippen LogP contribution in [-0.2, 0) is 52.4 Å². The number of anilines is 2. The van der Waals surface area contributed by atoms with Crippen molar-refractivity contribution in [3.8, 4) is 0 Å². The SMILES string of the molecule is Nc1nc2c(ncn2[C@@H]2S[C@H](CO[PH](O)=S)[C@@H](O)[C@H]2OP(O)(=S)OC[C@@]23CO[C@](n4cnc5c(N)ncnc54)(CO2)[C@@H]3O)c(=O)[nH]1. The fourth-order valence-electron chi connectivity index (χ4n) is 5.72. The van der Waals surface area contributed by atoms with Gasteiger partial charge in [0.2, 0.25) is 5.95 Å². The quantitative estimate of drug-likeness (QED) is 0.0871. The molecule has 248 valence electrons. The van der Waals surface area contributed by atoms with E-state index in [1.54, 1.807) is 0 Å². The van der Waals surface area contributed by atoms with E-state index in [9.17, 15) is 24.8 Å². The second-order valence-corrected chi connectivity index (χ2v) is 16.7. The summed E-state index contributed by atoms with van der Waals surface area (Å²) in [5.74, 6) is -0.0200. The summed E-state index contributed by atoms with van der Waals surface area (Å²) in [6.45, 7) is -5.08. The third kappa shape index (κ3) is 5.28. The normalized spacial score (nSPS) is 32.8. The average Bonchev–Trinajstić information content (AvgIpc) is 3.80. The van der Waals surface area contributed by atoms with E-state index in [0.717, 1.165) is 11.8 Å². The molecule has 3 saturated heterocycles. The third-order valence-electron chi connectivity index (χ3n) is 7.96. The predicted molar refractivity (Wildman–Crippen MR) is 169 cm³/mol. The van der Waals surface area contributed by atoms with Crippen LogP contribution in [0.3, 0.4) is 0 Å². The largest absolute Gasteiger partial charge is 0.389 e. The minimum atomic E-state index is -4.20. The van der Waals surface area contributed by atoms with Gasteiger partial charge in [0.1, 0.15) is 35.0 Å². The van der Waals surface area contributed by atoms with Crippen molar-refractivity contribution in [3.05, 3.63) is 29.3 Å². The minimum absolute atomic E-state index is 0.0233. The monoisotopic (exact) mass is 736 g/mol. The second kappa shape index (κ2) is 11.7. The molecule has 9 atom stereocenters. The molecule has 2 bridgehead atoms. The van der Waals surface area contributed by atoms with Gasteiger partial charge >= 0.3 is 6.72 Å². The molecular formula is C21H26N10O10P2S3. The van der Waals surface area contributed by atoms with Crippen LogP contribution in [0.1, 0.15) is 5.37 Å². The van der Waals surface area contributed by atoms with Crippen LogP contribution < -0.4 is 17.0 Å². The van der Waals surface area contributed by atoms with Crippen molar-refractivity contribution in [3.63, 3.8) is 0 Å². The molecule has 4 aromatic heterocycles. The van der Waals surface area contributed by atoms with Crippen LogP contribution in [0.2, 0.25) is 0 Å². The molecule has 2 unspecified atom stereocenters. The van der Waals surface area contributed by atoms with Crippen LogP contribution in [0.4, 0.5) is 11.8 Å². The molecular weight excluding hydrogens is 710 g/mol. The number of aromatic nitrogens is 8. The topological polar surface area (TPSA) is 286 Å². The van der Waals surface area contributed by atoms with Gasteiger partial charge in [0.15, 0.2) is 35.5 Å². The smallest absolute Gasteiger partial charge is 0.325 e. The molecule has 7 heterocycles. The van der Waals surface area contributed by atoms with Crippen LogP contribution in [0.15, 0.2) is 23.8 Å². The van der Waals surface area contributed by atoms with Crippen molar-refractivity contribution in [1.82, 2.24) is 39.0 Å². The number of nitrogen functional groups attached to an aromatic ring is 2. The highest BCUT2D eigenvalue weighted by Crippen LogP contribution is 2.56. The number of rotatable bonds is 10. The van der Waals surface area contributed by atoms with E-state index in [1.807, 2.05) is 0 Å². The standard InChI is InChI=1S/C21H26N10O10P2S3/c22-13-9-14(25-5-24-13)31(7-27-9)21-4-37-20(2-38-21,18(21)34)3-40-43(36,45)41-12-11(32)8(1-39-42(35)44)46-17(12)30-6-26-10-15(30)28-19(23)29-16(10)33/h5-8,11-12,17-18,32,34,42H,1-4H2,(H,35,44)(H,36,45)(H2,22,24,25)(H3,23,28,29,33)/t8-,11-,12-,17-,18-,20-,21-,43?/m1/s1. The number of aliphatic hydroxyl groups is 2. The van der Waals surface area contributed by atoms with Gasteiger partial charge in [-0.15, -0.1) is 11.8 Å². The molecule has 0 aromatic carbocycles. The molecule has 0 aliphatic carbocycles. The summed E-state index contributed by atoms with van der Waals surface area (Å²) >= 11 is 11.2. The third-order valence-corrected chi connectivity index (χ3v) is 11.8. The molecule has 20 nitrogen and oxygen atoms in total. The fourth-order valence-corrected chi connectivity index (χ4v) is 9.37. The lowest BCUT2D eigenvalue weighted by Gasteiger charge is -2.31. The minimum Gasteiger partial charge on any atom is -0.389 e. The summed E-state index contributed by atoms with van der Waals surface area (Å²) in [5, 5.41) is 21.1. The number of fused-ring (bicyclic) bond motifs is 4. The van der Waals surface area contributed by atoms with Crippen molar-refractivity contribution in [1.29, 1.82) is 0 Å². The highest BCUT2D eigenvalue weighted by atomic mass is 32.5. The zero-order valence-electron chi connectivity index (χ0n) is 23.1. The Hall–Kier alpha value is -2.21. The molecule has 9 N–H and O–H groups in total. The van der Waals surface area contributed by atoms with Crippen LogP contribution >= 0.6 is 25.6 Å². The van der Waals surface area contributed by atoms with Gasteiger partial charge in [0.05, 0.1) is 50.4 Å². The van der Waals surface area contributed by atoms with E-state index >= 15 is 0 Å². The lowest BCUT2D eigenvalue weighted by atomic mass is 9.97. The van der Waals surface area contributed by atoms with Gasteiger partial charge in [-0.1, -0.05) is 0 Å². The first-order valence-electron chi connectivity index (χ1n) is 13.3.